The Morgan fingerprint density at radius 1 is 1.35 bits per heavy atom. The molecule has 1 unspecified atom stereocenters. The maximum Gasteiger partial charge on any atom is 0.303 e. The summed E-state index contributed by atoms with van der Waals surface area (Å²) >= 11 is 0. The number of imidazole rings is 1. The molecule has 1 atom stereocenters. The lowest BCUT2D eigenvalue weighted by atomic mass is 9.97. The first-order valence-corrected chi connectivity index (χ1v) is 5.42. The van der Waals surface area contributed by atoms with Gasteiger partial charge in [0.25, 0.3) is 0 Å². The van der Waals surface area contributed by atoms with Crippen LogP contribution >= 0.6 is 0 Å². The van der Waals surface area contributed by atoms with Crippen molar-refractivity contribution in [1.82, 2.24) is 9.97 Å². The summed E-state index contributed by atoms with van der Waals surface area (Å²) in [7, 11) is 0. The first kappa shape index (κ1) is 15.2. The summed E-state index contributed by atoms with van der Waals surface area (Å²) in [5.74, 6) is -1.72. The van der Waals surface area contributed by atoms with Gasteiger partial charge in [-0.25, -0.2) is 4.98 Å². The Hall–Kier alpha value is -1.85. The van der Waals surface area contributed by atoms with Gasteiger partial charge in [-0.15, -0.1) is 0 Å². The van der Waals surface area contributed by atoms with Crippen LogP contribution in [0.1, 0.15) is 32.6 Å². The molecule has 0 bridgehead atoms. The van der Waals surface area contributed by atoms with Gasteiger partial charge >= 0.3 is 11.9 Å². The Morgan fingerprint density at radius 3 is 2.35 bits per heavy atom. The Morgan fingerprint density at radius 2 is 2.06 bits per heavy atom. The normalized spacial score (nSPS) is 11.1. The highest BCUT2D eigenvalue weighted by Gasteiger charge is 2.12. The average Bonchev–Trinajstić information content (AvgIpc) is 2.81. The van der Waals surface area contributed by atoms with E-state index < -0.39 is 11.9 Å². The molecule has 17 heavy (non-hydrogen) atoms. The standard InChI is InChI=1S/C8H14O4.C3H4N2/c1-2-6(5-8(11)12)3-4-7(9)10;1-2-5-3-4-1/h6H,2-5H2,1H3,(H,9,10)(H,11,12);1-3H,(H,4,5). The minimum absolute atomic E-state index is 0.00130. The van der Waals surface area contributed by atoms with Crippen LogP contribution in [0.2, 0.25) is 0 Å². The number of H-pyrrole nitrogens is 1. The van der Waals surface area contributed by atoms with E-state index in [1.54, 1.807) is 18.7 Å². The van der Waals surface area contributed by atoms with E-state index in [1.807, 2.05) is 6.92 Å². The fourth-order valence-corrected chi connectivity index (χ4v) is 1.24. The van der Waals surface area contributed by atoms with Crippen molar-refractivity contribution >= 4 is 11.9 Å². The van der Waals surface area contributed by atoms with E-state index in [9.17, 15) is 9.59 Å². The molecular formula is C11H18N2O4. The summed E-state index contributed by atoms with van der Waals surface area (Å²) in [6, 6.07) is 0. The lowest BCUT2D eigenvalue weighted by Gasteiger charge is -2.09. The summed E-state index contributed by atoms with van der Waals surface area (Å²) < 4.78 is 0. The maximum absolute atomic E-state index is 10.3. The number of carboxylic acids is 2. The fraction of sp³-hybridized carbons (Fsp3) is 0.545. The topological polar surface area (TPSA) is 103 Å². The summed E-state index contributed by atoms with van der Waals surface area (Å²) in [6.07, 6.45) is 6.40. The highest BCUT2D eigenvalue weighted by Crippen LogP contribution is 2.14. The second-order valence-corrected chi connectivity index (χ2v) is 3.57. The zero-order valence-corrected chi connectivity index (χ0v) is 9.80. The predicted octanol–water partition coefficient (Wildman–Crippen LogP) is 1.76. The van der Waals surface area contributed by atoms with Gasteiger partial charge in [-0.1, -0.05) is 13.3 Å². The van der Waals surface area contributed by atoms with Gasteiger partial charge in [-0.05, 0) is 12.3 Å². The Bertz CT molecular complexity index is 294. The van der Waals surface area contributed by atoms with E-state index in [1.165, 1.54) is 0 Å². The summed E-state index contributed by atoms with van der Waals surface area (Å²) in [5.41, 5.74) is 0. The van der Waals surface area contributed by atoms with Crippen molar-refractivity contribution < 1.29 is 19.8 Å². The molecular weight excluding hydrogens is 224 g/mol. The zero-order chi connectivity index (χ0) is 13.1. The third kappa shape index (κ3) is 10.4. The number of aromatic nitrogens is 2. The van der Waals surface area contributed by atoms with E-state index in [0.717, 1.165) is 6.42 Å². The highest BCUT2D eigenvalue weighted by molar-refractivity contribution is 5.68. The molecule has 96 valence electrons. The SMILES string of the molecule is CCC(CCC(=O)O)CC(=O)O.c1c[nH]cn1. The molecule has 0 radical (unpaired) electrons. The van der Waals surface area contributed by atoms with Gasteiger partial charge < -0.3 is 15.2 Å². The number of carbonyl (C=O) groups is 2. The number of nitrogens with zero attached hydrogens (tertiary/aromatic N) is 1. The molecule has 0 amide bonds. The second-order valence-electron chi connectivity index (χ2n) is 3.57. The Balaban J connectivity index is 0.000000419. The van der Waals surface area contributed by atoms with Gasteiger partial charge in [0.2, 0.25) is 0 Å². The maximum atomic E-state index is 10.3. The summed E-state index contributed by atoms with van der Waals surface area (Å²) in [4.78, 5) is 26.8. The molecule has 0 fully saturated rings. The summed E-state index contributed by atoms with van der Waals surface area (Å²) in [6.45, 7) is 1.87. The molecule has 1 aromatic heterocycles. The third-order valence-electron chi connectivity index (χ3n) is 2.21. The largest absolute Gasteiger partial charge is 0.481 e. The van der Waals surface area contributed by atoms with Crippen LogP contribution in [0.4, 0.5) is 0 Å². The molecule has 1 aromatic rings. The fourth-order valence-electron chi connectivity index (χ4n) is 1.24. The molecule has 0 spiro atoms. The van der Waals surface area contributed by atoms with Crippen molar-refractivity contribution in [2.75, 3.05) is 0 Å². The monoisotopic (exact) mass is 242 g/mol. The van der Waals surface area contributed by atoms with Crippen molar-refractivity contribution in [3.8, 4) is 0 Å². The smallest absolute Gasteiger partial charge is 0.303 e. The molecule has 1 rings (SSSR count). The lowest BCUT2D eigenvalue weighted by Crippen LogP contribution is -2.09. The van der Waals surface area contributed by atoms with Crippen LogP contribution in [0.5, 0.6) is 0 Å². The molecule has 3 N–H and O–H groups in total. The van der Waals surface area contributed by atoms with Crippen LogP contribution in [0.3, 0.4) is 0 Å². The minimum Gasteiger partial charge on any atom is -0.481 e. The minimum atomic E-state index is -0.862. The van der Waals surface area contributed by atoms with Crippen LogP contribution in [0.15, 0.2) is 18.7 Å². The second kappa shape index (κ2) is 9.38. The molecule has 6 nitrogen and oxygen atoms in total. The van der Waals surface area contributed by atoms with Gasteiger partial charge in [-0.2, -0.15) is 0 Å². The van der Waals surface area contributed by atoms with Crippen LogP contribution < -0.4 is 0 Å². The first-order valence-electron chi connectivity index (χ1n) is 5.42. The zero-order valence-electron chi connectivity index (χ0n) is 9.80. The number of rotatable bonds is 6. The molecule has 0 saturated carbocycles. The van der Waals surface area contributed by atoms with Gasteiger partial charge in [0.15, 0.2) is 0 Å². The predicted molar refractivity (Wildman–Crippen MR) is 61.5 cm³/mol. The van der Waals surface area contributed by atoms with E-state index in [4.69, 9.17) is 10.2 Å². The van der Waals surface area contributed by atoms with E-state index in [-0.39, 0.29) is 18.8 Å². The van der Waals surface area contributed by atoms with Gasteiger partial charge in [0, 0.05) is 25.2 Å². The number of hydrogen-bond donors (Lipinski definition) is 3. The van der Waals surface area contributed by atoms with Crippen LogP contribution in [0.25, 0.3) is 0 Å². The van der Waals surface area contributed by atoms with E-state index in [0.29, 0.717) is 6.42 Å². The van der Waals surface area contributed by atoms with Crippen LogP contribution in [-0.2, 0) is 9.59 Å². The highest BCUT2D eigenvalue weighted by atomic mass is 16.4. The molecule has 0 aliphatic rings. The first-order chi connectivity index (χ1) is 8.06. The van der Waals surface area contributed by atoms with Crippen LogP contribution in [0, 0.1) is 5.92 Å². The lowest BCUT2D eigenvalue weighted by molar-refractivity contribution is -0.140. The average molecular weight is 242 g/mol. The molecule has 0 saturated heterocycles. The Kier molecular flexibility index (Phi) is 8.36. The molecule has 0 aromatic carbocycles. The van der Waals surface area contributed by atoms with E-state index in [2.05, 4.69) is 9.97 Å². The van der Waals surface area contributed by atoms with Gasteiger partial charge in [0.1, 0.15) is 0 Å². The van der Waals surface area contributed by atoms with Crippen LogP contribution in [-0.4, -0.2) is 32.1 Å². The Labute approximate surface area is 99.7 Å². The number of hydrogen-bond acceptors (Lipinski definition) is 3. The number of aliphatic carboxylic acids is 2. The van der Waals surface area contributed by atoms with Crippen molar-refractivity contribution in [3.63, 3.8) is 0 Å². The quantitative estimate of drug-likeness (QED) is 0.705. The third-order valence-corrected chi connectivity index (χ3v) is 2.21. The van der Waals surface area contributed by atoms with Gasteiger partial charge in [0.05, 0.1) is 6.33 Å². The number of nitrogens with one attached hydrogen (secondary N) is 1. The van der Waals surface area contributed by atoms with E-state index >= 15 is 0 Å². The summed E-state index contributed by atoms with van der Waals surface area (Å²) in [5, 5.41) is 16.8. The number of carboxylic acid groups (broad SMARTS) is 2. The van der Waals surface area contributed by atoms with Crippen molar-refractivity contribution in [3.05, 3.63) is 18.7 Å². The van der Waals surface area contributed by atoms with Crippen molar-refractivity contribution in [2.45, 2.75) is 32.6 Å². The number of aromatic amines is 1. The molecule has 0 aliphatic heterocycles. The van der Waals surface area contributed by atoms with Gasteiger partial charge in [-0.3, -0.25) is 9.59 Å². The molecule has 0 aliphatic carbocycles. The van der Waals surface area contributed by atoms with Crippen molar-refractivity contribution in [2.24, 2.45) is 5.92 Å². The molecule has 6 heteroatoms. The van der Waals surface area contributed by atoms with Crippen molar-refractivity contribution in [1.29, 1.82) is 0 Å². The molecule has 1 heterocycles.